The zero-order valence-electron chi connectivity index (χ0n) is 8.84. The molecule has 92 valence electrons. The number of ether oxygens (including phenoxy) is 1. The van der Waals surface area contributed by atoms with Gasteiger partial charge in [0.25, 0.3) is 0 Å². The third-order valence-electron chi connectivity index (χ3n) is 2.04. The van der Waals surface area contributed by atoms with Crippen molar-refractivity contribution in [1.82, 2.24) is 4.98 Å². The van der Waals surface area contributed by atoms with Gasteiger partial charge in [-0.3, -0.25) is 10.1 Å². The van der Waals surface area contributed by atoms with E-state index in [2.05, 4.69) is 20.9 Å². The Labute approximate surface area is 110 Å². The van der Waals surface area contributed by atoms with Crippen molar-refractivity contribution >= 4 is 21.6 Å². The highest BCUT2D eigenvalue weighted by Gasteiger charge is 2.19. The van der Waals surface area contributed by atoms with Crippen molar-refractivity contribution in [3.8, 4) is 11.6 Å². The van der Waals surface area contributed by atoms with Gasteiger partial charge in [0.05, 0.1) is 9.40 Å². The van der Waals surface area contributed by atoms with Crippen LogP contribution in [0.25, 0.3) is 0 Å². The third kappa shape index (κ3) is 2.62. The van der Waals surface area contributed by atoms with E-state index in [-0.39, 0.29) is 17.3 Å². The van der Waals surface area contributed by atoms with Gasteiger partial charge in [-0.05, 0) is 28.1 Å². The first-order chi connectivity index (χ1) is 8.58. The number of hydrogen-bond donors (Lipinski definition) is 0. The molecular formula is C11H6BrFN2O3. The summed E-state index contributed by atoms with van der Waals surface area (Å²) >= 11 is 3.14. The lowest BCUT2D eigenvalue weighted by atomic mass is 10.3. The number of pyridine rings is 1. The van der Waals surface area contributed by atoms with Crippen LogP contribution in [0.4, 0.5) is 10.1 Å². The monoisotopic (exact) mass is 312 g/mol. The van der Waals surface area contributed by atoms with E-state index in [1.54, 1.807) is 6.07 Å². The maximum absolute atomic E-state index is 12.9. The van der Waals surface area contributed by atoms with Gasteiger partial charge in [-0.25, -0.2) is 0 Å². The number of nitrogens with zero attached hydrogens (tertiary/aromatic N) is 2. The normalized spacial score (nSPS) is 10.1. The fourth-order valence-electron chi connectivity index (χ4n) is 1.29. The summed E-state index contributed by atoms with van der Waals surface area (Å²) in [6.07, 6.45) is 0. The molecule has 0 unspecified atom stereocenters. The molecule has 0 radical (unpaired) electrons. The number of nitro groups is 1. The number of para-hydroxylation sites is 1. The Morgan fingerprint density at radius 3 is 2.67 bits per heavy atom. The minimum absolute atomic E-state index is 0.0133. The molecule has 0 fully saturated rings. The molecule has 0 spiro atoms. The third-order valence-corrected chi connectivity index (χ3v) is 2.66. The van der Waals surface area contributed by atoms with Gasteiger partial charge >= 0.3 is 5.69 Å². The van der Waals surface area contributed by atoms with E-state index < -0.39 is 10.9 Å². The minimum atomic E-state index is -0.720. The van der Waals surface area contributed by atoms with Crippen LogP contribution in [0.3, 0.4) is 0 Å². The van der Waals surface area contributed by atoms with E-state index in [1.165, 1.54) is 24.3 Å². The van der Waals surface area contributed by atoms with E-state index in [0.717, 1.165) is 6.07 Å². The Balaban J connectivity index is 2.42. The van der Waals surface area contributed by atoms with Gasteiger partial charge in [-0.1, -0.05) is 12.1 Å². The maximum atomic E-state index is 12.9. The molecule has 0 N–H and O–H groups in total. The van der Waals surface area contributed by atoms with Crippen molar-refractivity contribution in [3.63, 3.8) is 0 Å². The smallest absolute Gasteiger partial charge is 0.312 e. The zero-order valence-corrected chi connectivity index (χ0v) is 10.4. The first-order valence-electron chi connectivity index (χ1n) is 4.81. The second-order valence-corrected chi connectivity index (χ2v) is 4.10. The molecular weight excluding hydrogens is 307 g/mol. The van der Waals surface area contributed by atoms with E-state index in [0.29, 0.717) is 4.47 Å². The minimum Gasteiger partial charge on any atom is -0.430 e. The second kappa shape index (κ2) is 5.09. The van der Waals surface area contributed by atoms with E-state index >= 15 is 0 Å². The van der Waals surface area contributed by atoms with Gasteiger partial charge in [0, 0.05) is 12.1 Å². The lowest BCUT2D eigenvalue weighted by Gasteiger charge is -2.06. The van der Waals surface area contributed by atoms with Crippen LogP contribution in [0.15, 0.2) is 40.9 Å². The summed E-state index contributed by atoms with van der Waals surface area (Å²) in [4.78, 5) is 13.7. The topological polar surface area (TPSA) is 65.3 Å². The van der Waals surface area contributed by atoms with E-state index in [4.69, 9.17) is 4.74 Å². The molecule has 7 heteroatoms. The molecule has 0 saturated carbocycles. The summed E-state index contributed by atoms with van der Waals surface area (Å²) in [5.74, 6) is -0.784. The molecule has 0 aliphatic carbocycles. The van der Waals surface area contributed by atoms with Crippen LogP contribution in [-0.4, -0.2) is 9.91 Å². The van der Waals surface area contributed by atoms with Gasteiger partial charge < -0.3 is 4.74 Å². The fourth-order valence-corrected chi connectivity index (χ4v) is 1.73. The Bertz CT molecular complexity index is 607. The van der Waals surface area contributed by atoms with Crippen LogP contribution >= 0.6 is 15.9 Å². The summed E-state index contributed by atoms with van der Waals surface area (Å²) < 4.78 is 18.5. The molecule has 1 aromatic carbocycles. The van der Waals surface area contributed by atoms with Crippen LogP contribution < -0.4 is 4.74 Å². The summed E-state index contributed by atoms with van der Waals surface area (Å²) in [5.41, 5.74) is -0.226. The van der Waals surface area contributed by atoms with Gasteiger partial charge in [0.1, 0.15) is 0 Å². The molecule has 2 aromatic rings. The largest absolute Gasteiger partial charge is 0.430 e. The van der Waals surface area contributed by atoms with Crippen LogP contribution in [0, 0.1) is 16.1 Å². The Morgan fingerprint density at radius 2 is 2.00 bits per heavy atom. The molecule has 0 bridgehead atoms. The quantitative estimate of drug-likeness (QED) is 0.492. The van der Waals surface area contributed by atoms with Crippen molar-refractivity contribution in [1.29, 1.82) is 0 Å². The van der Waals surface area contributed by atoms with Crippen molar-refractivity contribution in [2.45, 2.75) is 0 Å². The molecule has 2 rings (SSSR count). The first-order valence-corrected chi connectivity index (χ1v) is 5.60. The summed E-state index contributed by atoms with van der Waals surface area (Å²) in [7, 11) is 0. The average molecular weight is 313 g/mol. The number of hydrogen-bond acceptors (Lipinski definition) is 4. The Hall–Kier alpha value is -2.02. The van der Waals surface area contributed by atoms with Crippen LogP contribution in [0.5, 0.6) is 11.6 Å². The molecule has 0 atom stereocenters. The highest BCUT2D eigenvalue weighted by Crippen LogP contribution is 2.37. The number of nitro benzene ring substituents is 1. The summed E-state index contributed by atoms with van der Waals surface area (Å²) in [5, 5.41) is 10.8. The number of rotatable bonds is 3. The molecule has 0 aliphatic rings. The van der Waals surface area contributed by atoms with Crippen molar-refractivity contribution in [2.75, 3.05) is 0 Å². The van der Waals surface area contributed by atoms with E-state index in [1.807, 2.05) is 0 Å². The van der Waals surface area contributed by atoms with Gasteiger partial charge in [-0.15, -0.1) is 0 Å². The highest BCUT2D eigenvalue weighted by molar-refractivity contribution is 9.10. The summed E-state index contributed by atoms with van der Waals surface area (Å²) in [6.45, 7) is 0. The second-order valence-electron chi connectivity index (χ2n) is 3.25. The maximum Gasteiger partial charge on any atom is 0.312 e. The first kappa shape index (κ1) is 12.4. The Morgan fingerprint density at radius 1 is 1.28 bits per heavy atom. The SMILES string of the molecule is O=[N+]([O-])c1cccc(Br)c1Oc1cccc(F)n1. The number of aromatic nitrogens is 1. The lowest BCUT2D eigenvalue weighted by Crippen LogP contribution is -1.96. The number of benzene rings is 1. The van der Waals surface area contributed by atoms with Gasteiger partial charge in [-0.2, -0.15) is 9.37 Å². The van der Waals surface area contributed by atoms with Crippen LogP contribution in [0.2, 0.25) is 0 Å². The van der Waals surface area contributed by atoms with E-state index in [9.17, 15) is 14.5 Å². The van der Waals surface area contributed by atoms with Crippen LogP contribution in [-0.2, 0) is 0 Å². The lowest BCUT2D eigenvalue weighted by molar-refractivity contribution is -0.385. The molecule has 1 heterocycles. The molecule has 0 amide bonds. The zero-order chi connectivity index (χ0) is 13.1. The van der Waals surface area contributed by atoms with Gasteiger partial charge in [0.15, 0.2) is 0 Å². The van der Waals surface area contributed by atoms with Crippen LogP contribution in [0.1, 0.15) is 0 Å². The van der Waals surface area contributed by atoms with Crippen molar-refractivity contribution in [2.24, 2.45) is 0 Å². The molecule has 5 nitrogen and oxygen atoms in total. The molecule has 0 aliphatic heterocycles. The van der Waals surface area contributed by atoms with Gasteiger partial charge in [0.2, 0.25) is 17.6 Å². The fraction of sp³-hybridized carbons (Fsp3) is 0. The predicted octanol–water partition coefficient (Wildman–Crippen LogP) is 3.68. The standard InChI is InChI=1S/C11H6BrFN2O3/c12-7-3-1-4-8(15(16)17)11(7)18-10-6-2-5-9(13)14-10/h1-6H. The predicted molar refractivity (Wildman–Crippen MR) is 65.1 cm³/mol. The highest BCUT2D eigenvalue weighted by atomic mass is 79.9. The molecule has 18 heavy (non-hydrogen) atoms. The average Bonchev–Trinajstić information content (AvgIpc) is 2.31. The van der Waals surface area contributed by atoms with Crippen molar-refractivity contribution < 1.29 is 14.1 Å². The summed E-state index contributed by atoms with van der Waals surface area (Å²) in [6, 6.07) is 8.35. The molecule has 0 saturated heterocycles. The Kier molecular flexibility index (Phi) is 3.52. The molecule has 1 aromatic heterocycles. The van der Waals surface area contributed by atoms with Crippen molar-refractivity contribution in [3.05, 3.63) is 56.9 Å². The number of halogens is 2.